The molecule has 15 heavy (non-hydrogen) atoms. The Bertz CT molecular complexity index is 372. The number of benzene rings is 1. The Balaban J connectivity index is 2.31. The smallest absolute Gasteiger partial charge is 0.266 e. The first-order valence-electron chi connectivity index (χ1n) is 4.88. The average Bonchev–Trinajstić information content (AvgIpc) is 2.24. The first-order chi connectivity index (χ1) is 7.02. The van der Waals surface area contributed by atoms with Gasteiger partial charge in [-0.25, -0.2) is 8.78 Å². The van der Waals surface area contributed by atoms with E-state index in [1.54, 1.807) is 24.3 Å². The molecule has 1 unspecified atom stereocenters. The maximum Gasteiger partial charge on any atom is 0.266 e. The van der Waals surface area contributed by atoms with Crippen molar-refractivity contribution in [1.29, 1.82) is 0 Å². The van der Waals surface area contributed by atoms with Crippen LogP contribution in [0.25, 0.3) is 0 Å². The van der Waals surface area contributed by atoms with Crippen LogP contribution in [0.3, 0.4) is 0 Å². The Morgan fingerprint density at radius 2 is 1.67 bits per heavy atom. The lowest BCUT2D eigenvalue weighted by atomic mass is 9.83. The molecular formula is C12H12F2O. The van der Waals surface area contributed by atoms with Crippen molar-refractivity contribution in [3.63, 3.8) is 0 Å². The third-order valence-corrected chi connectivity index (χ3v) is 2.72. The highest BCUT2D eigenvalue weighted by Gasteiger charge is 2.38. The van der Waals surface area contributed by atoms with Gasteiger partial charge in [-0.15, -0.1) is 0 Å². The lowest BCUT2D eigenvalue weighted by Gasteiger charge is -2.31. The lowest BCUT2D eigenvalue weighted by molar-refractivity contribution is -0.0136. The summed E-state index contributed by atoms with van der Waals surface area (Å²) in [4.78, 5) is 0. The van der Waals surface area contributed by atoms with Crippen LogP contribution in [0.15, 0.2) is 42.5 Å². The molecule has 0 radical (unpaired) electrons. The summed E-state index contributed by atoms with van der Waals surface area (Å²) in [7, 11) is 0. The van der Waals surface area contributed by atoms with Crippen molar-refractivity contribution in [3.05, 3.63) is 48.0 Å². The van der Waals surface area contributed by atoms with Crippen LogP contribution in [0.4, 0.5) is 8.78 Å². The van der Waals surface area contributed by atoms with Gasteiger partial charge in [0.05, 0.1) is 0 Å². The molecule has 1 aliphatic rings. The molecule has 80 valence electrons. The molecule has 1 nitrogen and oxygen atoms in total. The molecule has 0 amide bonds. The highest BCUT2D eigenvalue weighted by Crippen LogP contribution is 2.38. The Kier molecular flexibility index (Phi) is 2.35. The lowest BCUT2D eigenvalue weighted by Crippen LogP contribution is -2.31. The predicted molar refractivity (Wildman–Crippen MR) is 53.7 cm³/mol. The van der Waals surface area contributed by atoms with E-state index in [2.05, 4.69) is 0 Å². The Morgan fingerprint density at radius 1 is 1.00 bits per heavy atom. The summed E-state index contributed by atoms with van der Waals surface area (Å²) in [5, 5.41) is 10.2. The monoisotopic (exact) mass is 210 g/mol. The first kappa shape index (κ1) is 10.3. The number of hydrogen-bond donors (Lipinski definition) is 1. The zero-order valence-electron chi connectivity index (χ0n) is 8.16. The zero-order chi connectivity index (χ0) is 10.9. The van der Waals surface area contributed by atoms with Crippen molar-refractivity contribution in [2.75, 3.05) is 0 Å². The summed E-state index contributed by atoms with van der Waals surface area (Å²) in [6, 6.07) is 8.89. The molecule has 0 aromatic heterocycles. The van der Waals surface area contributed by atoms with Crippen LogP contribution in [0.2, 0.25) is 0 Å². The molecule has 0 fully saturated rings. The molecule has 0 heterocycles. The topological polar surface area (TPSA) is 20.2 Å². The Hall–Kier alpha value is -1.22. The number of hydrogen-bond acceptors (Lipinski definition) is 1. The molecule has 2 rings (SSSR count). The Labute approximate surface area is 87.1 Å². The molecule has 0 bridgehead atoms. The third kappa shape index (κ3) is 2.07. The second kappa shape index (κ2) is 3.42. The second-order valence-corrected chi connectivity index (χ2v) is 3.88. The summed E-state index contributed by atoms with van der Waals surface area (Å²) >= 11 is 0. The van der Waals surface area contributed by atoms with E-state index in [0.717, 1.165) is 6.08 Å². The van der Waals surface area contributed by atoms with Crippen molar-refractivity contribution in [1.82, 2.24) is 0 Å². The maximum absolute atomic E-state index is 12.9. The second-order valence-electron chi connectivity index (χ2n) is 3.88. The molecular weight excluding hydrogens is 198 g/mol. The molecule has 1 aromatic carbocycles. The van der Waals surface area contributed by atoms with Gasteiger partial charge in [0.25, 0.3) is 5.92 Å². The van der Waals surface area contributed by atoms with Gasteiger partial charge in [-0.2, -0.15) is 0 Å². The van der Waals surface area contributed by atoms with Crippen LogP contribution in [0.1, 0.15) is 18.4 Å². The van der Waals surface area contributed by atoms with Crippen molar-refractivity contribution < 1.29 is 13.9 Å². The van der Waals surface area contributed by atoms with Crippen molar-refractivity contribution >= 4 is 0 Å². The Morgan fingerprint density at radius 3 is 2.20 bits per heavy atom. The van der Waals surface area contributed by atoms with Gasteiger partial charge in [-0.1, -0.05) is 30.3 Å². The number of aliphatic hydroxyl groups is 1. The van der Waals surface area contributed by atoms with E-state index >= 15 is 0 Å². The van der Waals surface area contributed by atoms with E-state index in [0.29, 0.717) is 5.56 Å². The number of halogens is 2. The minimum absolute atomic E-state index is 0.0561. The van der Waals surface area contributed by atoms with Gasteiger partial charge >= 0.3 is 0 Å². The van der Waals surface area contributed by atoms with Crippen LogP contribution in [0, 0.1) is 0 Å². The minimum atomic E-state index is -2.78. The summed E-state index contributed by atoms with van der Waals surface area (Å²) < 4.78 is 25.7. The van der Waals surface area contributed by atoms with Crippen LogP contribution < -0.4 is 0 Å². The van der Waals surface area contributed by atoms with Crippen LogP contribution in [-0.2, 0) is 5.60 Å². The fourth-order valence-electron chi connectivity index (χ4n) is 1.75. The van der Waals surface area contributed by atoms with Crippen LogP contribution >= 0.6 is 0 Å². The van der Waals surface area contributed by atoms with Gasteiger partial charge in [-0.05, 0) is 24.1 Å². The van der Waals surface area contributed by atoms with Gasteiger partial charge < -0.3 is 5.11 Å². The van der Waals surface area contributed by atoms with Crippen molar-refractivity contribution in [3.8, 4) is 0 Å². The van der Waals surface area contributed by atoms with Crippen LogP contribution in [-0.4, -0.2) is 11.0 Å². The summed E-state index contributed by atoms with van der Waals surface area (Å²) in [5.74, 6) is -2.78. The fourth-order valence-corrected chi connectivity index (χ4v) is 1.75. The molecule has 1 N–H and O–H groups in total. The average molecular weight is 210 g/mol. The van der Waals surface area contributed by atoms with E-state index in [-0.39, 0.29) is 12.8 Å². The fraction of sp³-hybridized carbons (Fsp3) is 0.333. The zero-order valence-corrected chi connectivity index (χ0v) is 8.16. The highest BCUT2D eigenvalue weighted by atomic mass is 19.3. The molecule has 1 aromatic rings. The van der Waals surface area contributed by atoms with Gasteiger partial charge in [0.2, 0.25) is 0 Å². The molecule has 1 aliphatic carbocycles. The number of allylic oxidation sites excluding steroid dienone is 1. The highest BCUT2D eigenvalue weighted by molar-refractivity contribution is 5.29. The molecule has 0 saturated carbocycles. The van der Waals surface area contributed by atoms with E-state index in [1.165, 1.54) is 6.08 Å². The quantitative estimate of drug-likeness (QED) is 0.706. The first-order valence-corrected chi connectivity index (χ1v) is 4.88. The molecule has 3 heteroatoms. The van der Waals surface area contributed by atoms with Gasteiger partial charge in [0, 0.05) is 6.42 Å². The van der Waals surface area contributed by atoms with Gasteiger partial charge in [0.15, 0.2) is 0 Å². The summed E-state index contributed by atoms with van der Waals surface area (Å²) in [6.45, 7) is 0. The molecule has 0 spiro atoms. The van der Waals surface area contributed by atoms with E-state index < -0.39 is 11.5 Å². The predicted octanol–water partition coefficient (Wildman–Crippen LogP) is 2.86. The number of alkyl halides is 2. The van der Waals surface area contributed by atoms with Crippen LogP contribution in [0.5, 0.6) is 0 Å². The maximum atomic E-state index is 12.9. The SMILES string of the molecule is OC1(c2ccccc2)C=CC(F)(F)CC1. The third-order valence-electron chi connectivity index (χ3n) is 2.72. The molecule has 1 atom stereocenters. The van der Waals surface area contributed by atoms with Gasteiger partial charge in [-0.3, -0.25) is 0 Å². The van der Waals surface area contributed by atoms with E-state index in [4.69, 9.17) is 0 Å². The normalized spacial score (nSPS) is 29.0. The largest absolute Gasteiger partial charge is 0.381 e. The van der Waals surface area contributed by atoms with Gasteiger partial charge in [0.1, 0.15) is 5.60 Å². The van der Waals surface area contributed by atoms with E-state index in [1.807, 2.05) is 6.07 Å². The van der Waals surface area contributed by atoms with Crippen molar-refractivity contribution in [2.24, 2.45) is 0 Å². The standard InChI is InChI=1S/C12H12F2O/c13-12(14)8-6-11(15,7-9-12)10-4-2-1-3-5-10/h1-6,8,15H,7,9H2. The minimum Gasteiger partial charge on any atom is -0.381 e. The molecule has 0 aliphatic heterocycles. The number of rotatable bonds is 1. The summed E-state index contributed by atoms with van der Waals surface area (Å²) in [5.41, 5.74) is -0.570. The summed E-state index contributed by atoms with van der Waals surface area (Å²) in [6.07, 6.45) is 1.74. The van der Waals surface area contributed by atoms with Crippen molar-refractivity contribution in [2.45, 2.75) is 24.4 Å². The molecule has 0 saturated heterocycles. The van der Waals surface area contributed by atoms with E-state index in [9.17, 15) is 13.9 Å².